The lowest BCUT2D eigenvalue weighted by Crippen LogP contribution is -2.74. The number of fused-ring (bicyclic) bond motifs is 2. The van der Waals surface area contributed by atoms with Crippen molar-refractivity contribution in [1.29, 1.82) is 0 Å². The summed E-state index contributed by atoms with van der Waals surface area (Å²) >= 11 is 4.25. The lowest BCUT2D eigenvalue weighted by Gasteiger charge is -2.51. The molecule has 3 aromatic rings. The third-order valence-electron chi connectivity index (χ3n) is 5.28. The average molecular weight is 514 g/mol. The van der Waals surface area contributed by atoms with Crippen molar-refractivity contribution in [1.82, 2.24) is 15.2 Å². The van der Waals surface area contributed by atoms with E-state index in [4.69, 9.17) is 9.47 Å². The first-order valence-corrected chi connectivity index (χ1v) is 12.9. The van der Waals surface area contributed by atoms with Crippen LogP contribution < -0.4 is 10.1 Å². The first-order valence-electron chi connectivity index (χ1n) is 10.3. The van der Waals surface area contributed by atoms with E-state index < -0.39 is 29.3 Å². The predicted octanol–water partition coefficient (Wildman–Crippen LogP) is 3.25. The molecule has 2 aromatic carbocycles. The Hall–Kier alpha value is -3.02. The first kappa shape index (κ1) is 22.8. The lowest BCUT2D eigenvalue weighted by atomic mass is 10.0. The molecule has 1 aromatic heterocycles. The zero-order chi connectivity index (χ0) is 23.7. The number of amides is 2. The second-order valence-corrected chi connectivity index (χ2v) is 10.8. The molecule has 8 nitrogen and oxygen atoms in total. The summed E-state index contributed by atoms with van der Waals surface area (Å²) in [6, 6.07) is 15.1. The number of thioether (sulfide) groups is 2. The predicted molar refractivity (Wildman–Crippen MR) is 131 cm³/mol. The molecule has 11 heteroatoms. The Labute approximate surface area is 207 Å². The van der Waals surface area contributed by atoms with Crippen molar-refractivity contribution in [2.75, 3.05) is 13.7 Å². The number of nitrogens with one attached hydrogen (secondary N) is 1. The van der Waals surface area contributed by atoms with Crippen LogP contribution in [0.4, 0.5) is 0 Å². The molecule has 0 aliphatic carbocycles. The van der Waals surface area contributed by atoms with Crippen LogP contribution in [0.25, 0.3) is 10.2 Å². The van der Waals surface area contributed by atoms with Gasteiger partial charge in [0, 0.05) is 4.91 Å². The van der Waals surface area contributed by atoms with Gasteiger partial charge in [-0.15, -0.1) is 23.1 Å². The van der Waals surface area contributed by atoms with Crippen molar-refractivity contribution in [3.05, 3.63) is 64.9 Å². The molecular formula is C23H19N3O5S3. The highest BCUT2D eigenvalue weighted by Crippen LogP contribution is 2.46. The standard InChI is InChI=1S/C23H19N3O5S3/c1-30-22(29)19-16(34-23-24-14-9-5-6-10-15(14)33-23)12-32-21-18(20(28)26(19)21)25-17(27)11-31-13-7-3-2-4-8-13/h2-10,12,18-19,21H,11H2,1H3,(H,25,27)/t18?,19?,21-/m1/s1. The van der Waals surface area contributed by atoms with Crippen molar-refractivity contribution < 1.29 is 23.9 Å². The first-order chi connectivity index (χ1) is 16.5. The van der Waals surface area contributed by atoms with Gasteiger partial charge in [-0.1, -0.05) is 42.1 Å². The van der Waals surface area contributed by atoms with Gasteiger partial charge in [0.25, 0.3) is 5.91 Å². The molecule has 34 heavy (non-hydrogen) atoms. The fourth-order valence-corrected chi connectivity index (χ4v) is 7.22. The number of rotatable bonds is 7. The molecule has 2 aliphatic rings. The van der Waals surface area contributed by atoms with Gasteiger partial charge >= 0.3 is 5.97 Å². The van der Waals surface area contributed by atoms with Crippen LogP contribution in [0.3, 0.4) is 0 Å². The molecule has 1 saturated heterocycles. The van der Waals surface area contributed by atoms with Crippen molar-refractivity contribution in [2.24, 2.45) is 0 Å². The number of hydrogen-bond donors (Lipinski definition) is 1. The highest BCUT2D eigenvalue weighted by Gasteiger charge is 2.56. The fourth-order valence-electron chi connectivity index (χ4n) is 3.67. The summed E-state index contributed by atoms with van der Waals surface area (Å²) < 4.78 is 12.3. The third-order valence-corrected chi connectivity index (χ3v) is 8.78. The molecular weight excluding hydrogens is 494 g/mol. The van der Waals surface area contributed by atoms with Crippen LogP contribution in [0.5, 0.6) is 5.75 Å². The minimum atomic E-state index is -0.880. The van der Waals surface area contributed by atoms with E-state index in [-0.39, 0.29) is 12.5 Å². The van der Waals surface area contributed by atoms with Crippen LogP contribution in [0.15, 0.2) is 69.3 Å². The maximum absolute atomic E-state index is 13.0. The lowest BCUT2D eigenvalue weighted by molar-refractivity contribution is -0.161. The smallest absolute Gasteiger partial charge is 0.333 e. The van der Waals surface area contributed by atoms with E-state index in [0.717, 1.165) is 14.6 Å². The minimum Gasteiger partial charge on any atom is -0.484 e. The summed E-state index contributed by atoms with van der Waals surface area (Å²) in [5.74, 6) is -0.709. The number of methoxy groups -OCH3 is 1. The van der Waals surface area contributed by atoms with Crippen LogP contribution >= 0.6 is 34.9 Å². The third kappa shape index (κ3) is 4.38. The quantitative estimate of drug-likeness (QED) is 0.380. The summed E-state index contributed by atoms with van der Waals surface area (Å²) in [4.78, 5) is 44.7. The molecule has 5 rings (SSSR count). The molecule has 0 radical (unpaired) electrons. The van der Waals surface area contributed by atoms with Crippen molar-refractivity contribution in [3.8, 4) is 5.75 Å². The summed E-state index contributed by atoms with van der Waals surface area (Å²) in [5.41, 5.74) is 0.882. The number of thiazole rings is 1. The van der Waals surface area contributed by atoms with E-state index in [1.807, 2.05) is 47.9 Å². The normalized spacial score (nSPS) is 21.3. The van der Waals surface area contributed by atoms with Crippen molar-refractivity contribution >= 4 is 62.9 Å². The van der Waals surface area contributed by atoms with Gasteiger partial charge in [-0.05, 0) is 29.7 Å². The maximum Gasteiger partial charge on any atom is 0.333 e. The molecule has 3 heterocycles. The Morgan fingerprint density at radius 2 is 1.91 bits per heavy atom. The molecule has 0 spiro atoms. The van der Waals surface area contributed by atoms with E-state index in [0.29, 0.717) is 10.7 Å². The maximum atomic E-state index is 13.0. The summed E-state index contributed by atoms with van der Waals surface area (Å²) in [5, 5.41) is 4.17. The van der Waals surface area contributed by atoms with Crippen LogP contribution in [0, 0.1) is 0 Å². The van der Waals surface area contributed by atoms with Crippen LogP contribution in [-0.4, -0.2) is 58.8 Å². The molecule has 0 bridgehead atoms. The molecule has 2 aliphatic heterocycles. The molecule has 0 saturated carbocycles. The van der Waals surface area contributed by atoms with E-state index in [2.05, 4.69) is 10.3 Å². The monoisotopic (exact) mass is 513 g/mol. The van der Waals surface area contributed by atoms with E-state index in [9.17, 15) is 14.4 Å². The highest BCUT2D eigenvalue weighted by molar-refractivity contribution is 8.07. The number of aromatic nitrogens is 1. The molecule has 3 atom stereocenters. The largest absolute Gasteiger partial charge is 0.484 e. The average Bonchev–Trinajstić information content (AvgIpc) is 3.28. The molecule has 174 valence electrons. The molecule has 1 fully saturated rings. The summed E-state index contributed by atoms with van der Waals surface area (Å²) in [7, 11) is 1.30. The van der Waals surface area contributed by atoms with Gasteiger partial charge in [0.1, 0.15) is 17.2 Å². The number of hydrogen-bond acceptors (Lipinski definition) is 9. The molecule has 2 amide bonds. The van der Waals surface area contributed by atoms with Crippen molar-refractivity contribution in [3.63, 3.8) is 0 Å². The van der Waals surface area contributed by atoms with Gasteiger partial charge in [-0.25, -0.2) is 9.78 Å². The van der Waals surface area contributed by atoms with E-state index in [1.54, 1.807) is 12.1 Å². The Morgan fingerprint density at radius 1 is 1.15 bits per heavy atom. The van der Waals surface area contributed by atoms with Gasteiger partial charge in [-0.3, -0.25) is 9.59 Å². The van der Waals surface area contributed by atoms with Gasteiger partial charge < -0.3 is 19.7 Å². The van der Waals surface area contributed by atoms with Crippen LogP contribution in [0.1, 0.15) is 0 Å². The van der Waals surface area contributed by atoms with Gasteiger partial charge in [-0.2, -0.15) is 0 Å². The molecule has 2 unspecified atom stereocenters. The number of nitrogens with zero attached hydrogens (tertiary/aromatic N) is 2. The number of carbonyl (C=O) groups excluding carboxylic acids is 3. The topological polar surface area (TPSA) is 97.8 Å². The number of ether oxygens (including phenoxy) is 2. The second kappa shape index (κ2) is 9.69. The Bertz CT molecular complexity index is 1250. The minimum absolute atomic E-state index is 0.208. The number of para-hydroxylation sites is 2. The zero-order valence-corrected chi connectivity index (χ0v) is 20.3. The SMILES string of the molecule is COC(=O)C1C(Sc2nc3ccccc3s2)=CS[C@@H]2C(NC(=O)COc3ccccc3)C(=O)N12. The molecule has 1 N–H and O–H groups in total. The van der Waals surface area contributed by atoms with Gasteiger partial charge in [0.15, 0.2) is 17.0 Å². The van der Waals surface area contributed by atoms with E-state index in [1.165, 1.54) is 46.9 Å². The highest BCUT2D eigenvalue weighted by atomic mass is 32.2. The number of benzene rings is 2. The second-order valence-electron chi connectivity index (χ2n) is 7.41. The van der Waals surface area contributed by atoms with Gasteiger partial charge in [0.2, 0.25) is 5.91 Å². The van der Waals surface area contributed by atoms with Crippen molar-refractivity contribution in [2.45, 2.75) is 21.8 Å². The zero-order valence-electron chi connectivity index (χ0n) is 17.9. The van der Waals surface area contributed by atoms with Crippen LogP contribution in [-0.2, 0) is 19.1 Å². The van der Waals surface area contributed by atoms with Gasteiger partial charge in [0.05, 0.1) is 17.3 Å². The van der Waals surface area contributed by atoms with Crippen LogP contribution in [0.2, 0.25) is 0 Å². The Morgan fingerprint density at radius 3 is 2.68 bits per heavy atom. The number of carbonyl (C=O) groups is 3. The summed E-state index contributed by atoms with van der Waals surface area (Å²) in [6.45, 7) is -0.208. The Balaban J connectivity index is 1.28. The number of β-lactam (4-membered cyclic amide) rings is 1. The summed E-state index contributed by atoms with van der Waals surface area (Å²) in [6.07, 6.45) is 0. The number of esters is 1. The fraction of sp³-hybridized carbons (Fsp3) is 0.217. The van der Waals surface area contributed by atoms with E-state index >= 15 is 0 Å². The Kier molecular flexibility index (Phi) is 6.48.